The summed E-state index contributed by atoms with van der Waals surface area (Å²) in [4.78, 5) is 42.5. The van der Waals surface area contributed by atoms with Crippen LogP contribution in [0.5, 0.6) is 5.75 Å². The molecule has 308 valence electrons. The first-order chi connectivity index (χ1) is 29.1. The SMILES string of the molecule is COCCc1cc2ccc3c(c2oc1=O)[C@H]1OC(=O)C[C@H](CCc2cccc(Cc4ccccc4)c2)Cc2ccc4cc2CC#CC[C@@](C)(O3)[C@H]1OC(=O)C(=C(C)C)CC4. The van der Waals surface area contributed by atoms with Crippen molar-refractivity contribution in [2.24, 2.45) is 5.92 Å². The molecule has 5 bridgehead atoms. The van der Waals surface area contributed by atoms with E-state index in [1.54, 1.807) is 19.2 Å². The first kappa shape index (κ1) is 40.9. The summed E-state index contributed by atoms with van der Waals surface area (Å²) in [6.45, 7) is 6.01. The zero-order valence-electron chi connectivity index (χ0n) is 34.9. The maximum atomic E-state index is 14.6. The number of rotatable bonds is 8. The van der Waals surface area contributed by atoms with Gasteiger partial charge in [0.25, 0.3) is 0 Å². The van der Waals surface area contributed by atoms with E-state index in [0.29, 0.717) is 66.5 Å². The first-order valence-electron chi connectivity index (χ1n) is 21.1. The molecule has 0 aliphatic carbocycles. The Labute approximate surface area is 351 Å². The molecule has 0 N–H and O–H groups in total. The minimum Gasteiger partial charge on any atom is -0.482 e. The van der Waals surface area contributed by atoms with E-state index in [2.05, 4.69) is 78.6 Å². The molecule has 1 aromatic heterocycles. The van der Waals surface area contributed by atoms with Crippen molar-refractivity contribution < 1.29 is 33.0 Å². The fourth-order valence-corrected chi connectivity index (χ4v) is 8.92. The van der Waals surface area contributed by atoms with Gasteiger partial charge in [0.2, 0.25) is 0 Å². The van der Waals surface area contributed by atoms with Crippen LogP contribution < -0.4 is 10.4 Å². The molecule has 3 aliphatic heterocycles. The van der Waals surface area contributed by atoms with Gasteiger partial charge in [-0.3, -0.25) is 4.79 Å². The molecule has 4 heterocycles. The Balaban J connectivity index is 1.22. The van der Waals surface area contributed by atoms with Crippen LogP contribution in [0.4, 0.5) is 0 Å². The summed E-state index contributed by atoms with van der Waals surface area (Å²) >= 11 is 0. The lowest BCUT2D eigenvalue weighted by Crippen LogP contribution is -2.54. The van der Waals surface area contributed by atoms with E-state index in [4.69, 9.17) is 23.4 Å². The van der Waals surface area contributed by atoms with Gasteiger partial charge in [-0.15, -0.1) is 0 Å². The van der Waals surface area contributed by atoms with Crippen molar-refractivity contribution in [3.63, 3.8) is 0 Å². The number of allylic oxidation sites excluding steroid dienone is 1. The Morgan fingerprint density at radius 2 is 1.63 bits per heavy atom. The van der Waals surface area contributed by atoms with Crippen LogP contribution in [0.15, 0.2) is 111 Å². The minimum atomic E-state index is -1.23. The van der Waals surface area contributed by atoms with Gasteiger partial charge in [0.15, 0.2) is 17.8 Å². The monoisotopic (exact) mass is 804 g/mol. The maximum Gasteiger partial charge on any atom is 0.339 e. The van der Waals surface area contributed by atoms with E-state index in [1.807, 2.05) is 32.9 Å². The Morgan fingerprint density at radius 3 is 2.45 bits per heavy atom. The highest BCUT2D eigenvalue weighted by molar-refractivity contribution is 5.90. The van der Waals surface area contributed by atoms with Gasteiger partial charge < -0.3 is 23.4 Å². The van der Waals surface area contributed by atoms with Crippen LogP contribution in [0.2, 0.25) is 0 Å². The smallest absolute Gasteiger partial charge is 0.339 e. The molecule has 0 saturated heterocycles. The number of hydrogen-bond acceptors (Lipinski definition) is 8. The highest BCUT2D eigenvalue weighted by atomic mass is 16.6. The highest BCUT2D eigenvalue weighted by Crippen LogP contribution is 2.48. The predicted octanol–water partition coefficient (Wildman–Crippen LogP) is 9.33. The van der Waals surface area contributed by atoms with Crippen LogP contribution in [-0.4, -0.2) is 37.4 Å². The number of ether oxygens (including phenoxy) is 4. The van der Waals surface area contributed by atoms with Crippen LogP contribution in [0.3, 0.4) is 0 Å². The molecule has 8 nitrogen and oxygen atoms in total. The van der Waals surface area contributed by atoms with Crippen molar-refractivity contribution in [2.45, 2.75) is 103 Å². The van der Waals surface area contributed by atoms with Crippen molar-refractivity contribution in [3.8, 4) is 17.6 Å². The Bertz CT molecular complexity index is 2570. The number of esters is 2. The van der Waals surface area contributed by atoms with Gasteiger partial charge in [0.05, 0.1) is 18.6 Å². The van der Waals surface area contributed by atoms with Crippen molar-refractivity contribution in [1.82, 2.24) is 0 Å². The van der Waals surface area contributed by atoms with E-state index in [1.165, 1.54) is 16.7 Å². The molecule has 60 heavy (non-hydrogen) atoms. The van der Waals surface area contributed by atoms with Gasteiger partial charge in [-0.2, -0.15) is 0 Å². The fourth-order valence-electron chi connectivity index (χ4n) is 8.92. The fraction of sp³-hybridized carbons (Fsp3) is 0.365. The molecular formula is C52H52O8. The van der Waals surface area contributed by atoms with E-state index >= 15 is 0 Å². The van der Waals surface area contributed by atoms with Crippen LogP contribution in [0.25, 0.3) is 11.0 Å². The molecule has 8 heteroatoms. The molecule has 0 spiro atoms. The van der Waals surface area contributed by atoms with E-state index in [0.717, 1.165) is 41.5 Å². The largest absolute Gasteiger partial charge is 0.482 e. The molecular weight excluding hydrogens is 753 g/mol. The lowest BCUT2D eigenvalue weighted by molar-refractivity contribution is -0.190. The number of hydrogen-bond donors (Lipinski definition) is 0. The van der Waals surface area contributed by atoms with Gasteiger partial charge in [-0.25, -0.2) is 9.59 Å². The number of carbonyl (C=O) groups excluding carboxylic acids is 2. The first-order valence-corrected chi connectivity index (χ1v) is 21.1. The molecule has 5 aromatic rings. The zero-order valence-corrected chi connectivity index (χ0v) is 34.9. The summed E-state index contributed by atoms with van der Waals surface area (Å²) in [6, 6.07) is 31.1. The van der Waals surface area contributed by atoms with Crippen LogP contribution in [0.1, 0.15) is 97.1 Å². The topological polar surface area (TPSA) is 101 Å². The summed E-state index contributed by atoms with van der Waals surface area (Å²) < 4.78 is 31.2. The van der Waals surface area contributed by atoms with Crippen molar-refractivity contribution >= 4 is 22.9 Å². The minimum absolute atomic E-state index is 0.0820. The van der Waals surface area contributed by atoms with Gasteiger partial charge in [-0.05, 0) is 117 Å². The molecule has 0 fully saturated rings. The van der Waals surface area contributed by atoms with Crippen molar-refractivity contribution in [1.29, 1.82) is 0 Å². The third-order valence-corrected chi connectivity index (χ3v) is 12.2. The number of aryl methyl sites for hydroxylation is 2. The second-order valence-electron chi connectivity index (χ2n) is 16.9. The molecule has 0 unspecified atom stereocenters. The standard InChI is InChI=1S/C52H52O8/c1-33(2)43-22-19-36-18-20-40-30-38(17-16-35-13-10-14-37(28-35)27-34-11-6-5-7-12-34)31-45(53)57-48-46-44(23-21-41-32-42(24-26-56-4)50(54)58-47(41)46)60-52(3,49(48)59-51(43)55)25-9-8-15-39(40)29-36/h5-7,10-14,18,20-21,23,28-29,32,38,48-49H,15-17,19,22,24-27,30-31H2,1-4H3/t38-,48-,49+,52-/m1/s1. The molecule has 0 radical (unpaired) electrons. The molecule has 8 rings (SSSR count). The lowest BCUT2D eigenvalue weighted by Gasteiger charge is -2.44. The summed E-state index contributed by atoms with van der Waals surface area (Å²) in [7, 11) is 1.58. The quantitative estimate of drug-likeness (QED) is 0.0663. The van der Waals surface area contributed by atoms with Gasteiger partial charge >= 0.3 is 17.6 Å². The van der Waals surface area contributed by atoms with Gasteiger partial charge in [-0.1, -0.05) is 90.2 Å². The average Bonchev–Trinajstić information content (AvgIpc) is 3.22. The summed E-state index contributed by atoms with van der Waals surface area (Å²) in [5.41, 5.74) is 7.77. The summed E-state index contributed by atoms with van der Waals surface area (Å²) in [5, 5.41) is 0.627. The Kier molecular flexibility index (Phi) is 12.1. The molecule has 4 atom stereocenters. The van der Waals surface area contributed by atoms with Crippen molar-refractivity contribution in [3.05, 3.63) is 157 Å². The summed E-state index contributed by atoms with van der Waals surface area (Å²) in [6.07, 6.45) is 3.04. The molecule has 3 aliphatic rings. The van der Waals surface area contributed by atoms with Crippen LogP contribution >= 0.6 is 0 Å². The second-order valence-corrected chi connectivity index (χ2v) is 16.9. The average molecular weight is 805 g/mol. The van der Waals surface area contributed by atoms with E-state index < -0.39 is 35.4 Å². The highest BCUT2D eigenvalue weighted by Gasteiger charge is 2.53. The van der Waals surface area contributed by atoms with Gasteiger partial charge in [0, 0.05) is 42.9 Å². The normalized spacial score (nSPS) is 21.4. The number of methoxy groups -OCH3 is 1. The summed E-state index contributed by atoms with van der Waals surface area (Å²) in [5.74, 6) is 6.13. The Hall–Kier alpha value is -5.91. The predicted molar refractivity (Wildman–Crippen MR) is 231 cm³/mol. The van der Waals surface area contributed by atoms with Crippen molar-refractivity contribution in [2.75, 3.05) is 13.7 Å². The molecule has 0 saturated carbocycles. The Morgan fingerprint density at radius 1 is 0.817 bits per heavy atom. The van der Waals surface area contributed by atoms with Crippen LogP contribution in [-0.2, 0) is 62.3 Å². The van der Waals surface area contributed by atoms with Gasteiger partial charge in [0.1, 0.15) is 11.3 Å². The number of benzene rings is 4. The van der Waals surface area contributed by atoms with Crippen LogP contribution in [0, 0.1) is 17.8 Å². The molecule has 0 amide bonds. The lowest BCUT2D eigenvalue weighted by atomic mass is 9.83. The molecule has 4 aromatic carbocycles. The second kappa shape index (κ2) is 17.7. The number of fused-ring (bicyclic) bond motifs is 7. The number of carbonyl (C=O) groups is 2. The zero-order chi connectivity index (χ0) is 41.8. The third kappa shape index (κ3) is 8.97. The van der Waals surface area contributed by atoms with E-state index in [9.17, 15) is 14.4 Å². The van der Waals surface area contributed by atoms with E-state index in [-0.39, 0.29) is 24.3 Å². The maximum absolute atomic E-state index is 14.6. The third-order valence-electron chi connectivity index (χ3n) is 12.2.